The van der Waals surface area contributed by atoms with Gasteiger partial charge in [-0.3, -0.25) is 14.4 Å². The van der Waals surface area contributed by atoms with Crippen LogP contribution >= 0.6 is 0 Å². The molecule has 0 aliphatic carbocycles. The Morgan fingerprint density at radius 3 is 1.14 bits per heavy atom. The van der Waals surface area contributed by atoms with Crippen LogP contribution in [-0.4, -0.2) is 61.9 Å². The summed E-state index contributed by atoms with van der Waals surface area (Å²) in [6.07, 6.45) is 12.2. The Labute approximate surface area is 169 Å². The third kappa shape index (κ3) is 15.8. The maximum atomic E-state index is 11.4. The predicted octanol–water partition coefficient (Wildman–Crippen LogP) is 1.54. The molecule has 3 amide bonds. The summed E-state index contributed by atoms with van der Waals surface area (Å²) in [5, 5.41) is 8.55. The van der Waals surface area contributed by atoms with Gasteiger partial charge in [0.2, 0.25) is 17.7 Å². The van der Waals surface area contributed by atoms with Gasteiger partial charge in [0, 0.05) is 19.6 Å². The van der Waals surface area contributed by atoms with E-state index in [4.69, 9.17) is 0 Å². The molecule has 0 aromatic rings. The highest BCUT2D eigenvalue weighted by atomic mass is 16.2. The van der Waals surface area contributed by atoms with Crippen LogP contribution in [0.4, 0.5) is 0 Å². The van der Waals surface area contributed by atoms with E-state index in [-0.39, 0.29) is 17.7 Å². The molecule has 0 unspecified atom stereocenters. The highest BCUT2D eigenvalue weighted by Gasteiger charge is 2.06. The molecular weight excluding hydrogens is 356 g/mol. The number of amides is 3. The first-order chi connectivity index (χ1) is 13.5. The van der Waals surface area contributed by atoms with Gasteiger partial charge in [0.25, 0.3) is 0 Å². The van der Waals surface area contributed by atoms with E-state index in [2.05, 4.69) is 20.9 Å². The van der Waals surface area contributed by atoms with E-state index < -0.39 is 0 Å². The first kappa shape index (κ1) is 25.6. The number of allylic oxidation sites excluding steroid dienone is 3. The SMILES string of the molecule is CC=CC(=O)NCCCN(CCCNC(=O)C=CC)CCCNC(=O)C=CC. The number of carbonyl (C=O) groups excluding carboxylic acids is 3. The summed E-state index contributed by atoms with van der Waals surface area (Å²) in [6, 6.07) is 0. The lowest BCUT2D eigenvalue weighted by molar-refractivity contribution is -0.117. The lowest BCUT2D eigenvalue weighted by Crippen LogP contribution is -2.34. The van der Waals surface area contributed by atoms with Crippen molar-refractivity contribution in [2.75, 3.05) is 39.3 Å². The van der Waals surface area contributed by atoms with Crippen molar-refractivity contribution in [2.24, 2.45) is 0 Å². The summed E-state index contributed by atoms with van der Waals surface area (Å²) in [6.45, 7) is 9.84. The minimum Gasteiger partial charge on any atom is -0.353 e. The zero-order valence-corrected chi connectivity index (χ0v) is 17.5. The maximum Gasteiger partial charge on any atom is 0.243 e. The van der Waals surface area contributed by atoms with E-state index in [0.717, 1.165) is 38.9 Å². The van der Waals surface area contributed by atoms with Crippen molar-refractivity contribution >= 4 is 17.7 Å². The Balaban J connectivity index is 4.22. The number of nitrogens with zero attached hydrogens (tertiary/aromatic N) is 1. The molecule has 7 heteroatoms. The lowest BCUT2D eigenvalue weighted by Gasteiger charge is -2.22. The zero-order chi connectivity index (χ0) is 21.0. The van der Waals surface area contributed by atoms with Crippen molar-refractivity contribution in [1.29, 1.82) is 0 Å². The molecule has 0 bridgehead atoms. The number of hydrogen-bond donors (Lipinski definition) is 3. The average Bonchev–Trinajstić information content (AvgIpc) is 2.65. The van der Waals surface area contributed by atoms with E-state index in [1.165, 1.54) is 18.2 Å². The van der Waals surface area contributed by atoms with Crippen molar-refractivity contribution in [3.63, 3.8) is 0 Å². The number of carbonyl (C=O) groups is 3. The van der Waals surface area contributed by atoms with Gasteiger partial charge in [-0.1, -0.05) is 18.2 Å². The molecule has 0 saturated heterocycles. The lowest BCUT2D eigenvalue weighted by atomic mass is 10.3. The van der Waals surface area contributed by atoms with Gasteiger partial charge >= 0.3 is 0 Å². The second-order valence-corrected chi connectivity index (χ2v) is 6.28. The fraction of sp³-hybridized carbons (Fsp3) is 0.571. The van der Waals surface area contributed by atoms with Crippen molar-refractivity contribution in [3.8, 4) is 0 Å². The van der Waals surface area contributed by atoms with Crippen LogP contribution in [0.3, 0.4) is 0 Å². The monoisotopic (exact) mass is 392 g/mol. The van der Waals surface area contributed by atoms with Crippen LogP contribution in [0.2, 0.25) is 0 Å². The molecule has 0 radical (unpaired) electrons. The molecule has 0 heterocycles. The Morgan fingerprint density at radius 1 is 0.607 bits per heavy atom. The average molecular weight is 393 g/mol. The van der Waals surface area contributed by atoms with Gasteiger partial charge in [0.05, 0.1) is 0 Å². The van der Waals surface area contributed by atoms with Gasteiger partial charge in [-0.15, -0.1) is 0 Å². The second-order valence-electron chi connectivity index (χ2n) is 6.28. The van der Waals surface area contributed by atoms with Gasteiger partial charge in [-0.05, 0) is 77.9 Å². The van der Waals surface area contributed by atoms with Crippen molar-refractivity contribution in [2.45, 2.75) is 40.0 Å². The Hall–Kier alpha value is -2.41. The molecule has 0 spiro atoms. The fourth-order valence-electron chi connectivity index (χ4n) is 2.51. The standard InChI is InChI=1S/C21H36N4O3/c1-4-10-19(26)22-13-7-16-25(17-8-14-23-20(27)11-5-2)18-9-15-24-21(28)12-6-3/h4-6,10-12H,7-9,13-18H2,1-3H3,(H,22,26)(H,23,27)(H,24,28). The number of rotatable bonds is 15. The molecule has 0 rings (SSSR count). The molecule has 28 heavy (non-hydrogen) atoms. The zero-order valence-electron chi connectivity index (χ0n) is 17.5. The van der Waals surface area contributed by atoms with Crippen LogP contribution < -0.4 is 16.0 Å². The minimum absolute atomic E-state index is 0.0765. The van der Waals surface area contributed by atoms with Crippen LogP contribution in [-0.2, 0) is 14.4 Å². The van der Waals surface area contributed by atoms with Crippen molar-refractivity contribution in [1.82, 2.24) is 20.9 Å². The Kier molecular flexibility index (Phi) is 16.4. The quantitative estimate of drug-likeness (QED) is 0.291. The maximum absolute atomic E-state index is 11.4. The first-order valence-corrected chi connectivity index (χ1v) is 9.97. The number of hydrogen-bond acceptors (Lipinski definition) is 4. The van der Waals surface area contributed by atoms with Crippen LogP contribution in [0.15, 0.2) is 36.5 Å². The summed E-state index contributed by atoms with van der Waals surface area (Å²) in [5.41, 5.74) is 0. The number of nitrogens with one attached hydrogen (secondary N) is 3. The molecule has 0 fully saturated rings. The summed E-state index contributed by atoms with van der Waals surface area (Å²) in [4.78, 5) is 36.6. The van der Waals surface area contributed by atoms with E-state index >= 15 is 0 Å². The smallest absolute Gasteiger partial charge is 0.243 e. The van der Waals surface area contributed by atoms with Crippen LogP contribution in [0.1, 0.15) is 40.0 Å². The molecule has 0 saturated carbocycles. The molecule has 0 aromatic heterocycles. The van der Waals surface area contributed by atoms with Gasteiger partial charge in [-0.25, -0.2) is 0 Å². The second kappa shape index (κ2) is 18.0. The molecule has 0 aliphatic rings. The van der Waals surface area contributed by atoms with E-state index in [1.807, 2.05) is 20.8 Å². The predicted molar refractivity (Wildman–Crippen MR) is 114 cm³/mol. The highest BCUT2D eigenvalue weighted by molar-refractivity contribution is 5.88. The van der Waals surface area contributed by atoms with Crippen molar-refractivity contribution in [3.05, 3.63) is 36.5 Å². The molecular formula is C21H36N4O3. The van der Waals surface area contributed by atoms with E-state index in [1.54, 1.807) is 18.2 Å². The Bertz CT molecular complexity index is 466. The normalized spacial score (nSPS) is 11.6. The summed E-state index contributed by atoms with van der Waals surface area (Å²) in [7, 11) is 0. The topological polar surface area (TPSA) is 90.5 Å². The fourth-order valence-corrected chi connectivity index (χ4v) is 2.51. The van der Waals surface area contributed by atoms with Gasteiger partial charge in [-0.2, -0.15) is 0 Å². The summed E-state index contributed by atoms with van der Waals surface area (Å²) >= 11 is 0. The Morgan fingerprint density at radius 2 is 0.893 bits per heavy atom. The third-order valence-corrected chi connectivity index (χ3v) is 3.81. The first-order valence-electron chi connectivity index (χ1n) is 9.97. The summed E-state index contributed by atoms with van der Waals surface area (Å²) < 4.78 is 0. The minimum atomic E-state index is -0.0765. The van der Waals surface area contributed by atoms with E-state index in [0.29, 0.717) is 19.6 Å². The van der Waals surface area contributed by atoms with E-state index in [9.17, 15) is 14.4 Å². The van der Waals surface area contributed by atoms with Gasteiger partial charge in [0.1, 0.15) is 0 Å². The summed E-state index contributed by atoms with van der Waals surface area (Å²) in [5.74, 6) is -0.229. The van der Waals surface area contributed by atoms with Crippen LogP contribution in [0.5, 0.6) is 0 Å². The molecule has 0 atom stereocenters. The molecule has 0 aliphatic heterocycles. The third-order valence-electron chi connectivity index (χ3n) is 3.81. The highest BCUT2D eigenvalue weighted by Crippen LogP contribution is 1.97. The van der Waals surface area contributed by atoms with Crippen molar-refractivity contribution < 1.29 is 14.4 Å². The van der Waals surface area contributed by atoms with Gasteiger partial charge in [0.15, 0.2) is 0 Å². The molecule has 158 valence electrons. The van der Waals surface area contributed by atoms with Gasteiger partial charge < -0.3 is 20.9 Å². The van der Waals surface area contributed by atoms with Crippen LogP contribution in [0, 0.1) is 0 Å². The van der Waals surface area contributed by atoms with Crippen LogP contribution in [0.25, 0.3) is 0 Å². The largest absolute Gasteiger partial charge is 0.353 e. The molecule has 0 aromatic carbocycles. The molecule has 3 N–H and O–H groups in total. The molecule has 7 nitrogen and oxygen atoms in total.